The van der Waals surface area contributed by atoms with Gasteiger partial charge in [-0.3, -0.25) is 0 Å². The summed E-state index contributed by atoms with van der Waals surface area (Å²) in [6.07, 6.45) is 0. The minimum Gasteiger partial charge on any atom is -0.147 e. The molecule has 0 spiro atoms. The second kappa shape index (κ2) is 5.16. The van der Waals surface area contributed by atoms with Crippen LogP contribution in [-0.4, -0.2) is 0 Å². The van der Waals surface area contributed by atoms with Crippen LogP contribution < -0.4 is 0 Å². The lowest BCUT2D eigenvalue weighted by atomic mass is 10.0. The Morgan fingerprint density at radius 3 is 2.50 bits per heavy atom. The summed E-state index contributed by atoms with van der Waals surface area (Å²) in [4.78, 5) is 1.62. The van der Waals surface area contributed by atoms with E-state index >= 15 is 0 Å². The van der Waals surface area contributed by atoms with Crippen LogP contribution in [0.25, 0.3) is 10.8 Å². The molecule has 1 unspecified atom stereocenters. The molecule has 0 N–H and O–H groups in total. The lowest BCUT2D eigenvalue weighted by Gasteiger charge is -2.09. The number of benzene rings is 2. The van der Waals surface area contributed by atoms with Gasteiger partial charge in [0.05, 0.1) is 4.83 Å². The Morgan fingerprint density at radius 1 is 0.944 bits per heavy atom. The van der Waals surface area contributed by atoms with E-state index in [0.717, 1.165) is 4.47 Å². The first kappa shape index (κ1) is 12.4. The maximum Gasteiger partial charge on any atom is 0.0738 e. The van der Waals surface area contributed by atoms with Crippen LogP contribution in [0.3, 0.4) is 0 Å². The molecule has 0 aliphatic carbocycles. The summed E-state index contributed by atoms with van der Waals surface area (Å²) in [5.41, 5.74) is 1.30. The molecule has 0 fully saturated rings. The largest absolute Gasteiger partial charge is 0.147 e. The summed E-state index contributed by atoms with van der Waals surface area (Å²) in [5, 5.41) is 4.65. The van der Waals surface area contributed by atoms with Crippen molar-refractivity contribution in [2.45, 2.75) is 4.83 Å². The number of thiophene rings is 1. The van der Waals surface area contributed by atoms with E-state index in [-0.39, 0.29) is 4.83 Å². The highest BCUT2D eigenvalue weighted by atomic mass is 79.9. The monoisotopic (exact) mass is 380 g/mol. The molecule has 18 heavy (non-hydrogen) atoms. The van der Waals surface area contributed by atoms with Crippen LogP contribution in [0, 0.1) is 0 Å². The molecule has 3 rings (SSSR count). The van der Waals surface area contributed by atoms with Crippen molar-refractivity contribution in [1.82, 2.24) is 0 Å². The predicted molar refractivity (Wildman–Crippen MR) is 86.7 cm³/mol. The van der Waals surface area contributed by atoms with Gasteiger partial charge in [-0.1, -0.05) is 56.1 Å². The molecule has 1 heterocycles. The van der Waals surface area contributed by atoms with Crippen molar-refractivity contribution in [3.05, 3.63) is 68.8 Å². The Labute approximate surface area is 127 Å². The van der Waals surface area contributed by atoms with Crippen molar-refractivity contribution in [2.24, 2.45) is 0 Å². The van der Waals surface area contributed by atoms with Crippen molar-refractivity contribution in [2.75, 3.05) is 0 Å². The van der Waals surface area contributed by atoms with Crippen LogP contribution in [-0.2, 0) is 0 Å². The fourth-order valence-electron chi connectivity index (χ4n) is 1.99. The van der Waals surface area contributed by atoms with Gasteiger partial charge in [-0.15, -0.1) is 11.3 Å². The van der Waals surface area contributed by atoms with Crippen LogP contribution in [0.15, 0.2) is 58.4 Å². The van der Waals surface area contributed by atoms with Gasteiger partial charge in [0.15, 0.2) is 0 Å². The minimum absolute atomic E-state index is 0.283. The van der Waals surface area contributed by atoms with Gasteiger partial charge >= 0.3 is 0 Å². The van der Waals surface area contributed by atoms with Gasteiger partial charge < -0.3 is 0 Å². The molecule has 1 atom stereocenters. The van der Waals surface area contributed by atoms with Crippen molar-refractivity contribution < 1.29 is 0 Å². The molecule has 0 bridgehead atoms. The van der Waals surface area contributed by atoms with Gasteiger partial charge in [-0.2, -0.15) is 0 Å². The van der Waals surface area contributed by atoms with Crippen molar-refractivity contribution >= 4 is 54.0 Å². The third kappa shape index (κ3) is 2.40. The Balaban J connectivity index is 2.06. The molecule has 0 radical (unpaired) electrons. The number of halogens is 2. The summed E-state index contributed by atoms with van der Waals surface area (Å²) in [7, 11) is 0. The number of rotatable bonds is 2. The number of hydrogen-bond donors (Lipinski definition) is 0. The highest BCUT2D eigenvalue weighted by molar-refractivity contribution is 9.10. The Hall–Kier alpha value is -0.640. The minimum atomic E-state index is 0.283. The van der Waals surface area contributed by atoms with E-state index in [2.05, 4.69) is 85.8 Å². The first-order chi connectivity index (χ1) is 8.74. The maximum atomic E-state index is 3.77. The molecule has 0 saturated carbocycles. The van der Waals surface area contributed by atoms with Gasteiger partial charge in [0.25, 0.3) is 0 Å². The van der Waals surface area contributed by atoms with E-state index < -0.39 is 0 Å². The number of alkyl halides is 1. The molecule has 0 nitrogen and oxygen atoms in total. The summed E-state index contributed by atoms with van der Waals surface area (Å²) in [5.74, 6) is 0. The normalized spacial score (nSPS) is 12.8. The average molecular weight is 382 g/mol. The smallest absolute Gasteiger partial charge is 0.0738 e. The average Bonchev–Trinajstić information content (AvgIpc) is 2.91. The second-order valence-electron chi connectivity index (χ2n) is 4.13. The zero-order valence-corrected chi connectivity index (χ0v) is 13.4. The van der Waals surface area contributed by atoms with E-state index in [9.17, 15) is 0 Å². The lowest BCUT2D eigenvalue weighted by Crippen LogP contribution is -1.89. The molecular formula is C15H10Br2S. The first-order valence-corrected chi connectivity index (χ1v) is 8.19. The fraction of sp³-hybridized carbons (Fsp3) is 0.0667. The van der Waals surface area contributed by atoms with Gasteiger partial charge in [0, 0.05) is 9.35 Å². The number of fused-ring (bicyclic) bond motifs is 1. The third-order valence-electron chi connectivity index (χ3n) is 2.91. The maximum absolute atomic E-state index is 3.77. The van der Waals surface area contributed by atoms with Crippen LogP contribution in [0.5, 0.6) is 0 Å². The molecule has 90 valence electrons. The van der Waals surface area contributed by atoms with Crippen molar-refractivity contribution in [3.63, 3.8) is 0 Å². The summed E-state index contributed by atoms with van der Waals surface area (Å²) in [6, 6.07) is 17.2. The van der Waals surface area contributed by atoms with Gasteiger partial charge in [0.1, 0.15) is 0 Å². The van der Waals surface area contributed by atoms with Crippen LogP contribution in [0.2, 0.25) is 0 Å². The molecule has 0 aliphatic rings. The highest BCUT2D eigenvalue weighted by Crippen LogP contribution is 2.35. The third-order valence-corrected chi connectivity index (χ3v) is 5.67. The standard InChI is InChI=1S/C15H10Br2S/c16-13-6-5-10-8-12(4-3-11(10)9-13)15(17)14-2-1-7-18-14/h1-9,15H. The second-order valence-corrected chi connectivity index (χ2v) is 6.94. The summed E-state index contributed by atoms with van der Waals surface area (Å²) >= 11 is 9.06. The molecule has 0 saturated heterocycles. The first-order valence-electron chi connectivity index (χ1n) is 5.61. The van der Waals surface area contributed by atoms with E-state index in [4.69, 9.17) is 0 Å². The molecule has 0 aliphatic heterocycles. The topological polar surface area (TPSA) is 0 Å². The summed E-state index contributed by atoms with van der Waals surface area (Å²) < 4.78 is 1.12. The molecule has 2 aromatic carbocycles. The van der Waals surface area contributed by atoms with Crippen molar-refractivity contribution in [3.8, 4) is 0 Å². The highest BCUT2D eigenvalue weighted by Gasteiger charge is 2.11. The van der Waals surface area contributed by atoms with E-state index in [1.54, 1.807) is 11.3 Å². The van der Waals surface area contributed by atoms with Crippen molar-refractivity contribution in [1.29, 1.82) is 0 Å². The van der Waals surface area contributed by atoms with E-state index in [0.29, 0.717) is 0 Å². The molecule has 3 heteroatoms. The Kier molecular flexibility index (Phi) is 3.55. The van der Waals surface area contributed by atoms with Gasteiger partial charge in [-0.05, 0) is 46.0 Å². The Bertz CT molecular complexity index is 674. The molecule has 0 amide bonds. The van der Waals surface area contributed by atoms with Gasteiger partial charge in [0.2, 0.25) is 0 Å². The Morgan fingerprint density at radius 2 is 1.72 bits per heavy atom. The predicted octanol–water partition coefficient (Wildman–Crippen LogP) is 6.15. The van der Waals surface area contributed by atoms with Crippen LogP contribution in [0.4, 0.5) is 0 Å². The zero-order chi connectivity index (χ0) is 12.5. The quantitative estimate of drug-likeness (QED) is 0.467. The van der Waals surface area contributed by atoms with Gasteiger partial charge in [-0.25, -0.2) is 0 Å². The lowest BCUT2D eigenvalue weighted by molar-refractivity contribution is 1.23. The SMILES string of the molecule is Brc1ccc2cc(C(Br)c3cccs3)ccc2c1. The molecule has 3 aromatic rings. The zero-order valence-electron chi connectivity index (χ0n) is 9.44. The molecule has 1 aromatic heterocycles. The summed E-state index contributed by atoms with van der Waals surface area (Å²) in [6.45, 7) is 0. The fourth-order valence-corrected chi connectivity index (χ4v) is 3.86. The number of hydrogen-bond acceptors (Lipinski definition) is 1. The van der Waals surface area contributed by atoms with E-state index in [1.165, 1.54) is 21.2 Å². The molecular weight excluding hydrogens is 372 g/mol. The van der Waals surface area contributed by atoms with Crippen LogP contribution >= 0.6 is 43.2 Å². The van der Waals surface area contributed by atoms with Crippen LogP contribution in [0.1, 0.15) is 15.3 Å². The van der Waals surface area contributed by atoms with E-state index in [1.807, 2.05) is 0 Å².